The zero-order valence-corrected chi connectivity index (χ0v) is 23.1. The molecule has 1 heterocycles. The monoisotopic (exact) mass is 483 g/mol. The van der Waals surface area contributed by atoms with Gasteiger partial charge in [0.2, 0.25) is 11.8 Å². The Labute approximate surface area is 207 Å². The SMILES string of the molecule is CC[C@H](C)[C@@H]([C@@H](CC(=O)OCC(C)C)OC)N(C)C(=O)[C@@H](NC(=O)[C@@]1(C)CCCN1C)C(C)C. The van der Waals surface area contributed by atoms with E-state index in [4.69, 9.17) is 9.47 Å². The molecule has 0 saturated carbocycles. The molecule has 0 radical (unpaired) electrons. The maximum atomic E-state index is 13.7. The van der Waals surface area contributed by atoms with Crippen LogP contribution in [0.2, 0.25) is 0 Å². The fourth-order valence-corrected chi connectivity index (χ4v) is 4.63. The minimum Gasteiger partial charge on any atom is -0.465 e. The third-order valence-corrected chi connectivity index (χ3v) is 7.36. The first-order valence-electron chi connectivity index (χ1n) is 12.8. The standard InChI is InChI=1S/C26H49N3O5/c1-11-19(6)23(20(33-10)15-21(30)34-16-17(2)3)29(9)24(31)22(18(4)5)27-25(32)26(7)13-12-14-28(26)8/h17-20,22-23H,11-16H2,1-10H3,(H,27,32)/t19-,20+,22-,23-,26+/m0/s1. The van der Waals surface area contributed by atoms with Crippen LogP contribution in [0, 0.1) is 17.8 Å². The Morgan fingerprint density at radius 3 is 2.21 bits per heavy atom. The molecule has 0 spiro atoms. The Balaban J connectivity index is 3.09. The first-order valence-corrected chi connectivity index (χ1v) is 12.8. The second-order valence-corrected chi connectivity index (χ2v) is 10.9. The highest BCUT2D eigenvalue weighted by Crippen LogP contribution is 2.28. The lowest BCUT2D eigenvalue weighted by Crippen LogP contribution is -2.61. The van der Waals surface area contributed by atoms with Gasteiger partial charge < -0.3 is 19.7 Å². The van der Waals surface area contributed by atoms with Gasteiger partial charge in [-0.3, -0.25) is 19.3 Å². The van der Waals surface area contributed by atoms with Crippen molar-refractivity contribution < 1.29 is 23.9 Å². The number of likely N-dealkylation sites (tertiary alicyclic amines) is 1. The highest BCUT2D eigenvalue weighted by atomic mass is 16.5. The minimum atomic E-state index is -0.666. The van der Waals surface area contributed by atoms with Gasteiger partial charge in [-0.05, 0) is 51.1 Å². The Hall–Kier alpha value is -1.67. The molecule has 1 fully saturated rings. The molecule has 198 valence electrons. The number of carbonyl (C=O) groups excluding carboxylic acids is 3. The Kier molecular flexibility index (Phi) is 12.0. The fraction of sp³-hybridized carbons (Fsp3) is 0.885. The molecule has 1 rings (SSSR count). The summed E-state index contributed by atoms with van der Waals surface area (Å²) in [5.41, 5.74) is -0.614. The van der Waals surface area contributed by atoms with Crippen LogP contribution >= 0.6 is 0 Å². The predicted molar refractivity (Wildman–Crippen MR) is 134 cm³/mol. The molecule has 5 atom stereocenters. The largest absolute Gasteiger partial charge is 0.465 e. The van der Waals surface area contributed by atoms with E-state index < -0.39 is 17.7 Å². The molecule has 0 bridgehead atoms. The van der Waals surface area contributed by atoms with E-state index >= 15 is 0 Å². The number of ether oxygens (including phenoxy) is 2. The lowest BCUT2D eigenvalue weighted by Gasteiger charge is -2.40. The molecule has 1 saturated heterocycles. The number of hydrogen-bond acceptors (Lipinski definition) is 6. The average molecular weight is 484 g/mol. The molecule has 8 heteroatoms. The topological polar surface area (TPSA) is 88.2 Å². The highest BCUT2D eigenvalue weighted by molar-refractivity contribution is 5.92. The van der Waals surface area contributed by atoms with E-state index in [0.29, 0.717) is 6.61 Å². The van der Waals surface area contributed by atoms with Crippen LogP contribution in [0.15, 0.2) is 0 Å². The van der Waals surface area contributed by atoms with Crippen molar-refractivity contribution in [3.8, 4) is 0 Å². The van der Waals surface area contributed by atoms with Crippen molar-refractivity contribution in [1.29, 1.82) is 0 Å². The summed E-state index contributed by atoms with van der Waals surface area (Å²) in [4.78, 5) is 43.1. The molecule has 1 aliphatic rings. The van der Waals surface area contributed by atoms with Gasteiger partial charge in [0.1, 0.15) is 6.04 Å². The van der Waals surface area contributed by atoms with Crippen LogP contribution in [0.1, 0.15) is 74.1 Å². The molecule has 0 aromatic rings. The molecule has 0 aromatic heterocycles. The van der Waals surface area contributed by atoms with E-state index in [9.17, 15) is 14.4 Å². The molecular weight excluding hydrogens is 434 g/mol. The van der Waals surface area contributed by atoms with Gasteiger partial charge in [-0.2, -0.15) is 0 Å². The van der Waals surface area contributed by atoms with Gasteiger partial charge in [-0.15, -0.1) is 0 Å². The number of methoxy groups -OCH3 is 1. The molecule has 34 heavy (non-hydrogen) atoms. The van der Waals surface area contributed by atoms with Gasteiger partial charge in [-0.25, -0.2) is 0 Å². The van der Waals surface area contributed by atoms with Crippen molar-refractivity contribution in [1.82, 2.24) is 15.1 Å². The van der Waals surface area contributed by atoms with Crippen molar-refractivity contribution in [3.63, 3.8) is 0 Å². The summed E-state index contributed by atoms with van der Waals surface area (Å²) >= 11 is 0. The third-order valence-electron chi connectivity index (χ3n) is 7.36. The van der Waals surface area contributed by atoms with Crippen LogP contribution in [0.4, 0.5) is 0 Å². The molecule has 2 amide bonds. The van der Waals surface area contributed by atoms with Gasteiger partial charge in [-0.1, -0.05) is 48.0 Å². The van der Waals surface area contributed by atoms with Crippen LogP contribution in [-0.2, 0) is 23.9 Å². The van der Waals surface area contributed by atoms with Crippen molar-refractivity contribution in [2.75, 3.05) is 34.4 Å². The summed E-state index contributed by atoms with van der Waals surface area (Å²) in [7, 11) is 5.26. The zero-order valence-electron chi connectivity index (χ0n) is 23.1. The first-order chi connectivity index (χ1) is 15.8. The summed E-state index contributed by atoms with van der Waals surface area (Å²) in [5.74, 6) is -0.386. The second kappa shape index (κ2) is 13.4. The molecule has 0 unspecified atom stereocenters. The maximum absolute atomic E-state index is 13.7. The van der Waals surface area contributed by atoms with Crippen molar-refractivity contribution in [3.05, 3.63) is 0 Å². The van der Waals surface area contributed by atoms with Crippen LogP contribution in [0.25, 0.3) is 0 Å². The van der Waals surface area contributed by atoms with Crippen molar-refractivity contribution in [2.45, 2.75) is 97.9 Å². The number of carbonyl (C=O) groups is 3. The Bertz CT molecular complexity index is 683. The summed E-state index contributed by atoms with van der Waals surface area (Å²) in [6.07, 6.45) is 2.09. The van der Waals surface area contributed by atoms with Gasteiger partial charge >= 0.3 is 5.97 Å². The Morgan fingerprint density at radius 1 is 1.15 bits per heavy atom. The summed E-state index contributed by atoms with van der Waals surface area (Å²) in [5, 5.41) is 3.05. The highest BCUT2D eigenvalue weighted by Gasteiger charge is 2.44. The van der Waals surface area contributed by atoms with Gasteiger partial charge in [0.25, 0.3) is 0 Å². The third kappa shape index (κ3) is 7.67. The Morgan fingerprint density at radius 2 is 1.76 bits per heavy atom. The lowest BCUT2D eigenvalue weighted by molar-refractivity contribution is -0.152. The zero-order chi connectivity index (χ0) is 26.2. The predicted octanol–water partition coefficient (Wildman–Crippen LogP) is 3.09. The summed E-state index contributed by atoms with van der Waals surface area (Å²) < 4.78 is 11.1. The number of nitrogens with zero attached hydrogens (tertiary/aromatic N) is 2. The van der Waals surface area contributed by atoms with Crippen LogP contribution in [-0.4, -0.2) is 85.7 Å². The molecule has 1 aliphatic heterocycles. The lowest BCUT2D eigenvalue weighted by atomic mass is 9.89. The summed E-state index contributed by atoms with van der Waals surface area (Å²) in [6, 6.07) is -1.00. The molecule has 0 aliphatic carbocycles. The molecule has 8 nitrogen and oxygen atoms in total. The van der Waals surface area contributed by atoms with Crippen LogP contribution in [0.5, 0.6) is 0 Å². The van der Waals surface area contributed by atoms with E-state index in [1.54, 1.807) is 19.1 Å². The van der Waals surface area contributed by atoms with E-state index in [1.165, 1.54) is 0 Å². The van der Waals surface area contributed by atoms with Gasteiger partial charge in [0.05, 0.1) is 30.7 Å². The second-order valence-electron chi connectivity index (χ2n) is 10.9. The molecule has 0 aromatic carbocycles. The van der Waals surface area contributed by atoms with E-state index in [0.717, 1.165) is 25.8 Å². The van der Waals surface area contributed by atoms with E-state index in [-0.39, 0.29) is 48.0 Å². The number of esters is 1. The smallest absolute Gasteiger partial charge is 0.308 e. The average Bonchev–Trinajstić information content (AvgIpc) is 3.13. The number of amides is 2. The van der Waals surface area contributed by atoms with Crippen molar-refractivity contribution in [2.24, 2.45) is 17.8 Å². The quantitative estimate of drug-likeness (QED) is 0.405. The number of likely N-dealkylation sites (N-methyl/N-ethyl adjacent to an activating group) is 2. The van der Waals surface area contributed by atoms with Crippen LogP contribution in [0.3, 0.4) is 0 Å². The maximum Gasteiger partial charge on any atom is 0.308 e. The number of nitrogens with one attached hydrogen (secondary N) is 1. The molecule has 1 N–H and O–H groups in total. The molecular formula is C26H49N3O5. The minimum absolute atomic E-state index is 0.0669. The van der Waals surface area contributed by atoms with Crippen LogP contribution < -0.4 is 5.32 Å². The van der Waals surface area contributed by atoms with Crippen molar-refractivity contribution >= 4 is 17.8 Å². The van der Waals surface area contributed by atoms with E-state index in [1.807, 2.05) is 41.7 Å². The fourth-order valence-electron chi connectivity index (χ4n) is 4.63. The van der Waals surface area contributed by atoms with Gasteiger partial charge in [0, 0.05) is 14.2 Å². The number of rotatable bonds is 13. The number of hydrogen-bond donors (Lipinski definition) is 1. The first kappa shape index (κ1) is 30.4. The van der Waals surface area contributed by atoms with E-state index in [2.05, 4.69) is 24.1 Å². The normalized spacial score (nSPS) is 22.4. The summed E-state index contributed by atoms with van der Waals surface area (Å²) in [6.45, 7) is 15.1. The van der Waals surface area contributed by atoms with Gasteiger partial charge in [0.15, 0.2) is 0 Å².